The lowest BCUT2D eigenvalue weighted by Crippen LogP contribution is -2.39. The second kappa shape index (κ2) is 12.6. The molecule has 168 valence electrons. The number of nitrogens with one attached hydrogen (secondary N) is 2. The second-order valence-corrected chi connectivity index (χ2v) is 7.69. The quantitative estimate of drug-likeness (QED) is 0.391. The lowest BCUT2D eigenvalue weighted by Gasteiger charge is -2.21. The summed E-state index contributed by atoms with van der Waals surface area (Å²) in [7, 11) is 0. The fourth-order valence-electron chi connectivity index (χ4n) is 3.36. The van der Waals surface area contributed by atoms with Crippen LogP contribution in [0, 0.1) is 0 Å². The summed E-state index contributed by atoms with van der Waals surface area (Å²) in [6.07, 6.45) is 2.17. The molecule has 0 radical (unpaired) electrons. The Morgan fingerprint density at radius 3 is 2.26 bits per heavy atom. The van der Waals surface area contributed by atoms with Crippen LogP contribution in [-0.4, -0.2) is 42.9 Å². The lowest BCUT2D eigenvalue weighted by molar-refractivity contribution is -0.124. The van der Waals surface area contributed by atoms with Gasteiger partial charge in [0.2, 0.25) is 11.8 Å². The van der Waals surface area contributed by atoms with Crippen LogP contribution in [0.3, 0.4) is 0 Å². The Morgan fingerprint density at radius 2 is 1.58 bits per heavy atom. The molecular formula is C24H35N5O2. The van der Waals surface area contributed by atoms with Crippen LogP contribution in [0.15, 0.2) is 42.5 Å². The first-order chi connectivity index (χ1) is 14.9. The van der Waals surface area contributed by atoms with Crippen molar-refractivity contribution in [3.8, 4) is 11.1 Å². The number of nitrogens with two attached hydrogens (primary N) is 2. The smallest absolute Gasteiger partial charge is 0.234 e. The Balaban J connectivity index is 1.93. The molecule has 0 heterocycles. The van der Waals surface area contributed by atoms with Gasteiger partial charge in [0.25, 0.3) is 0 Å². The second-order valence-electron chi connectivity index (χ2n) is 7.69. The molecule has 0 fully saturated rings. The molecule has 31 heavy (non-hydrogen) atoms. The molecule has 0 atom stereocenters. The third-order valence-corrected chi connectivity index (χ3v) is 4.96. The van der Waals surface area contributed by atoms with Crippen LogP contribution in [-0.2, 0) is 16.1 Å². The summed E-state index contributed by atoms with van der Waals surface area (Å²) in [6, 6.07) is 13.3. The number of amides is 2. The SMILES string of the molecule is CCCNC(=O)CN(CCC)CCC(=O)NCc1cc(N)ccc1-c1ccc(N)cc1. The number of rotatable bonds is 12. The normalized spacial score (nSPS) is 10.8. The van der Waals surface area contributed by atoms with Crippen LogP contribution in [0.5, 0.6) is 0 Å². The predicted octanol–water partition coefficient (Wildman–Crippen LogP) is 2.76. The Morgan fingerprint density at radius 1 is 0.871 bits per heavy atom. The van der Waals surface area contributed by atoms with Crippen molar-refractivity contribution >= 4 is 23.2 Å². The first kappa shape index (κ1) is 24.2. The number of hydrogen-bond acceptors (Lipinski definition) is 5. The van der Waals surface area contributed by atoms with Crippen molar-refractivity contribution in [1.29, 1.82) is 0 Å². The van der Waals surface area contributed by atoms with Gasteiger partial charge in [-0.15, -0.1) is 0 Å². The van der Waals surface area contributed by atoms with Gasteiger partial charge in [-0.3, -0.25) is 14.5 Å². The molecule has 2 aromatic rings. The fourth-order valence-corrected chi connectivity index (χ4v) is 3.36. The number of carbonyl (C=O) groups is 2. The van der Waals surface area contributed by atoms with E-state index >= 15 is 0 Å². The van der Waals surface area contributed by atoms with Gasteiger partial charge in [-0.25, -0.2) is 0 Å². The highest BCUT2D eigenvalue weighted by Crippen LogP contribution is 2.26. The molecule has 7 heteroatoms. The van der Waals surface area contributed by atoms with Crippen molar-refractivity contribution in [3.05, 3.63) is 48.0 Å². The van der Waals surface area contributed by atoms with Crippen LogP contribution in [0.1, 0.15) is 38.7 Å². The van der Waals surface area contributed by atoms with Gasteiger partial charge in [-0.05, 0) is 60.3 Å². The first-order valence-electron chi connectivity index (χ1n) is 10.9. The summed E-state index contributed by atoms with van der Waals surface area (Å²) in [6.45, 7) is 6.79. The Labute approximate surface area is 185 Å². The highest BCUT2D eigenvalue weighted by atomic mass is 16.2. The number of hydrogen-bond donors (Lipinski definition) is 4. The molecule has 0 unspecified atom stereocenters. The minimum absolute atomic E-state index is 0.00334. The predicted molar refractivity (Wildman–Crippen MR) is 127 cm³/mol. The number of carbonyl (C=O) groups excluding carboxylic acids is 2. The van der Waals surface area contributed by atoms with Crippen molar-refractivity contribution in [2.45, 2.75) is 39.7 Å². The molecule has 0 bridgehead atoms. The minimum Gasteiger partial charge on any atom is -0.399 e. The van der Waals surface area contributed by atoms with Crippen LogP contribution in [0.4, 0.5) is 11.4 Å². The number of benzene rings is 2. The maximum absolute atomic E-state index is 12.5. The van der Waals surface area contributed by atoms with Gasteiger partial charge in [0.1, 0.15) is 0 Å². The van der Waals surface area contributed by atoms with Crippen LogP contribution in [0.25, 0.3) is 11.1 Å². The standard InChI is InChI=1S/C24H35N5O2/c1-3-12-27-24(31)17-29(13-4-2)14-11-23(30)28-16-19-15-21(26)9-10-22(19)18-5-7-20(25)8-6-18/h5-10,15H,3-4,11-14,16-17,25-26H2,1-2H3,(H,27,31)(H,28,30). The maximum Gasteiger partial charge on any atom is 0.234 e. The van der Waals surface area contributed by atoms with Crippen molar-refractivity contribution in [2.24, 2.45) is 0 Å². The van der Waals surface area contributed by atoms with E-state index in [0.717, 1.165) is 36.1 Å². The average molecular weight is 426 g/mol. The van der Waals surface area contributed by atoms with E-state index in [1.807, 2.05) is 54.3 Å². The summed E-state index contributed by atoms with van der Waals surface area (Å²) in [5.74, 6) is -0.0515. The van der Waals surface area contributed by atoms with Gasteiger partial charge < -0.3 is 22.1 Å². The van der Waals surface area contributed by atoms with Gasteiger partial charge in [0, 0.05) is 37.4 Å². The molecule has 2 rings (SSSR count). The summed E-state index contributed by atoms with van der Waals surface area (Å²) in [5, 5.41) is 5.87. The van der Waals surface area contributed by atoms with E-state index in [0.29, 0.717) is 44.0 Å². The van der Waals surface area contributed by atoms with E-state index in [4.69, 9.17) is 11.5 Å². The van der Waals surface area contributed by atoms with Crippen molar-refractivity contribution < 1.29 is 9.59 Å². The molecule has 0 spiro atoms. The third-order valence-electron chi connectivity index (χ3n) is 4.96. The minimum atomic E-state index is -0.0549. The third kappa shape index (κ3) is 8.30. The van der Waals surface area contributed by atoms with E-state index in [2.05, 4.69) is 17.6 Å². The summed E-state index contributed by atoms with van der Waals surface area (Å²) >= 11 is 0. The van der Waals surface area contributed by atoms with Crippen molar-refractivity contribution in [2.75, 3.05) is 37.6 Å². The van der Waals surface area contributed by atoms with E-state index in [-0.39, 0.29) is 11.8 Å². The Kier molecular flexibility index (Phi) is 9.84. The summed E-state index contributed by atoms with van der Waals surface area (Å²) in [5.41, 5.74) is 16.1. The molecule has 0 saturated heterocycles. The van der Waals surface area contributed by atoms with E-state index in [1.54, 1.807) is 0 Å². The molecule has 7 nitrogen and oxygen atoms in total. The molecule has 0 aliphatic heterocycles. The van der Waals surface area contributed by atoms with Crippen LogP contribution in [0.2, 0.25) is 0 Å². The van der Waals surface area contributed by atoms with Gasteiger partial charge in [0.05, 0.1) is 6.54 Å². The van der Waals surface area contributed by atoms with Gasteiger partial charge >= 0.3 is 0 Å². The first-order valence-corrected chi connectivity index (χ1v) is 10.9. The zero-order chi connectivity index (χ0) is 22.6. The largest absolute Gasteiger partial charge is 0.399 e. The zero-order valence-corrected chi connectivity index (χ0v) is 18.6. The van der Waals surface area contributed by atoms with Gasteiger partial charge in [0.15, 0.2) is 0 Å². The molecular weight excluding hydrogens is 390 g/mol. The Bertz CT molecular complexity index is 852. The molecule has 0 aliphatic carbocycles. The summed E-state index contributed by atoms with van der Waals surface area (Å²) < 4.78 is 0. The van der Waals surface area contributed by atoms with Crippen molar-refractivity contribution in [3.63, 3.8) is 0 Å². The molecule has 0 saturated carbocycles. The van der Waals surface area contributed by atoms with Gasteiger partial charge in [-0.1, -0.05) is 32.0 Å². The monoisotopic (exact) mass is 425 g/mol. The van der Waals surface area contributed by atoms with E-state index in [9.17, 15) is 9.59 Å². The number of nitrogen functional groups attached to an aromatic ring is 2. The van der Waals surface area contributed by atoms with Crippen LogP contribution < -0.4 is 22.1 Å². The Hall–Kier alpha value is -3.06. The molecule has 0 aliphatic rings. The fraction of sp³-hybridized carbons (Fsp3) is 0.417. The average Bonchev–Trinajstić information content (AvgIpc) is 2.75. The zero-order valence-electron chi connectivity index (χ0n) is 18.6. The summed E-state index contributed by atoms with van der Waals surface area (Å²) in [4.78, 5) is 26.5. The lowest BCUT2D eigenvalue weighted by atomic mass is 9.98. The van der Waals surface area contributed by atoms with Crippen molar-refractivity contribution in [1.82, 2.24) is 15.5 Å². The highest BCUT2D eigenvalue weighted by molar-refractivity contribution is 5.79. The number of nitrogens with zero attached hydrogens (tertiary/aromatic N) is 1. The molecule has 2 amide bonds. The molecule has 6 N–H and O–H groups in total. The maximum atomic E-state index is 12.5. The molecule has 2 aromatic carbocycles. The number of anilines is 2. The van der Waals surface area contributed by atoms with Gasteiger partial charge in [-0.2, -0.15) is 0 Å². The molecule has 0 aromatic heterocycles. The van der Waals surface area contributed by atoms with E-state index < -0.39 is 0 Å². The van der Waals surface area contributed by atoms with Crippen LogP contribution >= 0.6 is 0 Å². The van der Waals surface area contributed by atoms with E-state index in [1.165, 1.54) is 0 Å². The highest BCUT2D eigenvalue weighted by Gasteiger charge is 2.13. The topological polar surface area (TPSA) is 113 Å².